The average Bonchev–Trinajstić information content (AvgIpc) is 3.44. The monoisotopic (exact) mass is 963 g/mol. The fraction of sp³-hybridized carbons (Fsp3) is 0.116. The Balaban J connectivity index is 1.14. The van der Waals surface area contributed by atoms with Crippen molar-refractivity contribution in [2.75, 3.05) is 9.80 Å². The Hall–Kier alpha value is -8.87. The summed E-state index contributed by atoms with van der Waals surface area (Å²) >= 11 is 0. The lowest BCUT2D eigenvalue weighted by Crippen LogP contribution is -2.61. The van der Waals surface area contributed by atoms with E-state index in [9.17, 15) is 0 Å². The van der Waals surface area contributed by atoms with E-state index in [0.29, 0.717) is 17.5 Å². The van der Waals surface area contributed by atoms with E-state index < -0.39 is 0 Å². The van der Waals surface area contributed by atoms with E-state index in [2.05, 4.69) is 233 Å². The van der Waals surface area contributed by atoms with Crippen LogP contribution in [0.3, 0.4) is 0 Å². The number of anilines is 6. The largest absolute Gasteiger partial charge is 0.311 e. The highest BCUT2D eigenvalue weighted by atomic mass is 15.2. The van der Waals surface area contributed by atoms with Crippen molar-refractivity contribution in [2.45, 2.75) is 52.4 Å². The van der Waals surface area contributed by atoms with Crippen LogP contribution in [0.25, 0.3) is 77.3 Å². The molecule has 2 aliphatic heterocycles. The standard InChI is InChI=1S/C69H54BN5/c1-68(2,3)52-27-31-54(32-28-52)74-60-41-51(67-72-65(43-17-9-7-10-18-43)71-66(73-67)44-19-11-8-12-20-44)42-61-62(60)70(58-35-25-49-37-45-21-13-15-23-47(45)39-56(49)63(58)74)59-36-26-50-38-46-22-14-16-24-48(46)40-57(50)64(59)75(61)55-33-29-53(30-34-55)69(4,5)6/h7-42H,1-6H3. The highest BCUT2D eigenvalue weighted by molar-refractivity contribution is 7.00. The molecule has 0 amide bonds. The molecule has 0 atom stereocenters. The summed E-state index contributed by atoms with van der Waals surface area (Å²) in [5, 5.41) is 9.66. The Morgan fingerprint density at radius 1 is 0.333 bits per heavy atom. The number of nitrogens with zero attached hydrogens (tertiary/aromatic N) is 5. The van der Waals surface area contributed by atoms with Crippen molar-refractivity contribution in [2.24, 2.45) is 0 Å². The lowest BCUT2D eigenvalue weighted by atomic mass is 9.33. The van der Waals surface area contributed by atoms with Crippen LogP contribution in [-0.2, 0) is 10.8 Å². The van der Waals surface area contributed by atoms with Crippen LogP contribution in [0.1, 0.15) is 52.7 Å². The predicted molar refractivity (Wildman–Crippen MR) is 318 cm³/mol. The summed E-state index contributed by atoms with van der Waals surface area (Å²) in [7, 11) is 0. The van der Waals surface area contributed by atoms with Crippen LogP contribution >= 0.6 is 0 Å². The first-order valence-electron chi connectivity index (χ1n) is 26.2. The summed E-state index contributed by atoms with van der Waals surface area (Å²) in [5.41, 5.74) is 15.8. The lowest BCUT2D eigenvalue weighted by molar-refractivity contribution is 0.590. The van der Waals surface area contributed by atoms with Crippen molar-refractivity contribution < 1.29 is 0 Å². The van der Waals surface area contributed by atoms with Crippen molar-refractivity contribution in [1.82, 2.24) is 15.0 Å². The van der Waals surface area contributed by atoms with Crippen molar-refractivity contribution >= 4 is 100 Å². The number of aromatic nitrogens is 3. The van der Waals surface area contributed by atoms with Crippen molar-refractivity contribution in [3.63, 3.8) is 0 Å². The zero-order chi connectivity index (χ0) is 50.7. The van der Waals surface area contributed by atoms with Crippen molar-refractivity contribution in [3.05, 3.63) is 230 Å². The first-order chi connectivity index (χ1) is 36.4. The molecule has 14 rings (SSSR count). The van der Waals surface area contributed by atoms with Gasteiger partial charge in [0.1, 0.15) is 0 Å². The summed E-state index contributed by atoms with van der Waals surface area (Å²) in [6.07, 6.45) is 0. The Labute approximate surface area is 438 Å². The maximum Gasteiger partial charge on any atom is 0.252 e. The average molecular weight is 964 g/mol. The number of hydrogen-bond acceptors (Lipinski definition) is 5. The fourth-order valence-corrected chi connectivity index (χ4v) is 11.8. The van der Waals surface area contributed by atoms with Crippen molar-refractivity contribution in [1.29, 1.82) is 0 Å². The summed E-state index contributed by atoms with van der Waals surface area (Å²) in [6.45, 7) is 13.6. The van der Waals surface area contributed by atoms with E-state index in [-0.39, 0.29) is 17.5 Å². The lowest BCUT2D eigenvalue weighted by Gasteiger charge is -2.45. The normalized spacial score (nSPS) is 13.1. The van der Waals surface area contributed by atoms with Gasteiger partial charge >= 0.3 is 0 Å². The molecule has 3 heterocycles. The summed E-state index contributed by atoms with van der Waals surface area (Å²) in [5.74, 6) is 1.85. The van der Waals surface area contributed by atoms with E-state index in [1.165, 1.54) is 82.0 Å². The minimum absolute atomic E-state index is 0.0272. The minimum Gasteiger partial charge on any atom is -0.311 e. The van der Waals surface area contributed by atoms with Crippen LogP contribution in [0.2, 0.25) is 0 Å². The van der Waals surface area contributed by atoms with Gasteiger partial charge in [-0.2, -0.15) is 0 Å². The topological polar surface area (TPSA) is 45.2 Å². The molecule has 0 spiro atoms. The zero-order valence-electron chi connectivity index (χ0n) is 43.1. The molecule has 358 valence electrons. The quantitative estimate of drug-likeness (QED) is 0.127. The Bertz CT molecular complexity index is 3980. The van der Waals surface area contributed by atoms with Gasteiger partial charge in [0.2, 0.25) is 0 Å². The van der Waals surface area contributed by atoms with Crippen LogP contribution < -0.4 is 26.2 Å². The van der Waals surface area contributed by atoms with Gasteiger partial charge in [-0.15, -0.1) is 0 Å². The molecule has 5 nitrogen and oxygen atoms in total. The SMILES string of the molecule is CC(C)(C)c1ccc(N2c3cc(-c4nc(-c5ccccc5)nc(-c5ccccc5)n4)cc4c3B(c3ccc5cc6ccccc6cc5c32)c2ccc3cc5ccccc5cc3c2N4c2ccc(C(C)(C)C)cc2)cc1. The molecule has 0 fully saturated rings. The second kappa shape index (κ2) is 16.8. The molecule has 2 aliphatic rings. The van der Waals surface area contributed by atoms with Crippen LogP contribution in [0.15, 0.2) is 218 Å². The maximum absolute atomic E-state index is 5.43. The first kappa shape index (κ1) is 44.8. The van der Waals surface area contributed by atoms with Gasteiger partial charge in [-0.05, 0) is 131 Å². The molecule has 0 aliphatic carbocycles. The van der Waals surface area contributed by atoms with Gasteiger partial charge in [-0.3, -0.25) is 0 Å². The Morgan fingerprint density at radius 2 is 0.693 bits per heavy atom. The molecule has 0 bridgehead atoms. The highest BCUT2D eigenvalue weighted by Gasteiger charge is 2.45. The molecule has 11 aromatic carbocycles. The van der Waals surface area contributed by atoms with Gasteiger partial charge in [0.15, 0.2) is 17.5 Å². The minimum atomic E-state index is -0.130. The smallest absolute Gasteiger partial charge is 0.252 e. The van der Waals surface area contributed by atoms with Gasteiger partial charge in [0.25, 0.3) is 6.71 Å². The van der Waals surface area contributed by atoms with E-state index in [0.717, 1.165) is 39.4 Å². The van der Waals surface area contributed by atoms with Gasteiger partial charge in [0.05, 0.1) is 0 Å². The highest BCUT2D eigenvalue weighted by Crippen LogP contribution is 2.50. The third kappa shape index (κ3) is 7.41. The molecule has 0 saturated heterocycles. The molecule has 0 saturated carbocycles. The predicted octanol–water partition coefficient (Wildman–Crippen LogP) is 16.2. The summed E-state index contributed by atoms with van der Waals surface area (Å²) < 4.78 is 0. The molecule has 6 heteroatoms. The van der Waals surface area contributed by atoms with Gasteiger partial charge < -0.3 is 9.80 Å². The molecular weight excluding hydrogens is 910 g/mol. The van der Waals surface area contributed by atoms with Crippen LogP contribution in [0.5, 0.6) is 0 Å². The molecule has 0 N–H and O–H groups in total. The molecule has 0 unspecified atom stereocenters. The molecular formula is C69H54BN5. The van der Waals surface area contributed by atoms with E-state index >= 15 is 0 Å². The molecule has 12 aromatic rings. The van der Waals surface area contributed by atoms with Crippen molar-refractivity contribution in [3.8, 4) is 34.2 Å². The van der Waals surface area contributed by atoms with Gasteiger partial charge in [-0.25, -0.2) is 15.0 Å². The zero-order valence-corrected chi connectivity index (χ0v) is 43.1. The Kier molecular flexibility index (Phi) is 10.1. The number of hydrogen-bond donors (Lipinski definition) is 0. The van der Waals surface area contributed by atoms with E-state index in [1.54, 1.807) is 0 Å². The molecule has 1 aromatic heterocycles. The van der Waals surface area contributed by atoms with Gasteiger partial charge in [0, 0.05) is 61.6 Å². The molecule has 0 radical (unpaired) electrons. The van der Waals surface area contributed by atoms with Crippen LogP contribution in [0.4, 0.5) is 34.1 Å². The summed E-state index contributed by atoms with van der Waals surface area (Å²) in [6, 6.07) is 80.5. The van der Waals surface area contributed by atoms with E-state index in [4.69, 9.17) is 15.0 Å². The fourth-order valence-electron chi connectivity index (χ4n) is 11.8. The second-order valence-corrected chi connectivity index (χ2v) is 22.5. The Morgan fingerprint density at radius 3 is 1.08 bits per heavy atom. The first-order valence-corrected chi connectivity index (χ1v) is 26.2. The maximum atomic E-state index is 5.43. The van der Waals surface area contributed by atoms with Crippen LogP contribution in [0, 0.1) is 0 Å². The number of fused-ring (bicyclic) bond motifs is 10. The number of rotatable bonds is 5. The van der Waals surface area contributed by atoms with E-state index in [1.807, 2.05) is 36.4 Å². The van der Waals surface area contributed by atoms with Gasteiger partial charge in [-0.1, -0.05) is 199 Å². The van der Waals surface area contributed by atoms with Crippen LogP contribution in [-0.4, -0.2) is 21.7 Å². The third-order valence-electron chi connectivity index (χ3n) is 15.7. The second-order valence-electron chi connectivity index (χ2n) is 22.5. The number of benzene rings is 11. The third-order valence-corrected chi connectivity index (χ3v) is 15.7. The molecule has 75 heavy (non-hydrogen) atoms. The summed E-state index contributed by atoms with van der Waals surface area (Å²) in [4.78, 5) is 21.1.